The third kappa shape index (κ3) is 1.50. The number of carbonyl (C=O) groups is 1. The first kappa shape index (κ1) is 9.72. The van der Waals surface area contributed by atoms with Gasteiger partial charge in [-0.3, -0.25) is 4.79 Å². The second kappa shape index (κ2) is 3.52. The lowest BCUT2D eigenvalue weighted by atomic mass is 10.1. The van der Waals surface area contributed by atoms with Gasteiger partial charge in [-0.2, -0.15) is 0 Å². The van der Waals surface area contributed by atoms with Crippen LogP contribution in [-0.4, -0.2) is 16.0 Å². The van der Waals surface area contributed by atoms with Crippen molar-refractivity contribution < 1.29 is 9.90 Å². The summed E-state index contributed by atoms with van der Waals surface area (Å²) < 4.78 is 0. The number of amides is 1. The number of nitrogens with one attached hydrogen (secondary N) is 2. The van der Waals surface area contributed by atoms with Crippen LogP contribution >= 0.6 is 0 Å². The van der Waals surface area contributed by atoms with Crippen LogP contribution in [0.2, 0.25) is 0 Å². The Balaban J connectivity index is 2.15. The first-order chi connectivity index (χ1) is 8.25. The molecule has 0 atom stereocenters. The Bertz CT molecular complexity index is 612. The predicted octanol–water partition coefficient (Wildman–Crippen LogP) is 2.21. The van der Waals surface area contributed by atoms with Gasteiger partial charge in [-0.25, -0.2) is 0 Å². The van der Waals surface area contributed by atoms with Gasteiger partial charge in [0.25, 0.3) is 5.91 Å². The fourth-order valence-electron chi connectivity index (χ4n) is 1.93. The molecule has 1 aromatic heterocycles. The van der Waals surface area contributed by atoms with Gasteiger partial charge in [-0.15, -0.1) is 0 Å². The monoisotopic (exact) mass is 226 g/mol. The Morgan fingerprint density at radius 1 is 1.18 bits per heavy atom. The van der Waals surface area contributed by atoms with E-state index in [4.69, 9.17) is 0 Å². The highest BCUT2D eigenvalue weighted by Gasteiger charge is 2.26. The van der Waals surface area contributed by atoms with E-state index < -0.39 is 0 Å². The smallest absolute Gasteiger partial charge is 0.256 e. The summed E-state index contributed by atoms with van der Waals surface area (Å²) in [6, 6.07) is 8.82. The Morgan fingerprint density at radius 3 is 2.82 bits per heavy atom. The number of aromatic amines is 1. The molecule has 17 heavy (non-hydrogen) atoms. The molecule has 0 saturated heterocycles. The number of aromatic nitrogens is 1. The number of rotatable bonds is 1. The van der Waals surface area contributed by atoms with Crippen molar-refractivity contribution in [1.29, 1.82) is 0 Å². The second-order valence-electron chi connectivity index (χ2n) is 3.84. The van der Waals surface area contributed by atoms with Crippen LogP contribution in [0.25, 0.3) is 11.6 Å². The molecular weight excluding hydrogens is 216 g/mol. The summed E-state index contributed by atoms with van der Waals surface area (Å²) in [6.07, 6.45) is 3.56. The number of phenols is 1. The number of para-hydroxylation sites is 1. The SMILES string of the molecule is O=C1Nc2c(O)cccc2/C1=C/c1ccc[nH]1. The van der Waals surface area contributed by atoms with Crippen molar-refractivity contribution in [3.63, 3.8) is 0 Å². The topological polar surface area (TPSA) is 65.1 Å². The summed E-state index contributed by atoms with van der Waals surface area (Å²) in [5, 5.41) is 12.3. The van der Waals surface area contributed by atoms with Crippen LogP contribution in [0.1, 0.15) is 11.3 Å². The summed E-state index contributed by atoms with van der Waals surface area (Å²) >= 11 is 0. The van der Waals surface area contributed by atoms with Crippen LogP contribution in [0.15, 0.2) is 36.5 Å². The van der Waals surface area contributed by atoms with Gasteiger partial charge in [-0.05, 0) is 24.3 Å². The third-order valence-corrected chi connectivity index (χ3v) is 2.74. The van der Waals surface area contributed by atoms with Gasteiger partial charge in [0.15, 0.2) is 0 Å². The quantitative estimate of drug-likeness (QED) is 0.515. The predicted molar refractivity (Wildman–Crippen MR) is 65.4 cm³/mol. The minimum absolute atomic E-state index is 0.0886. The van der Waals surface area contributed by atoms with Crippen molar-refractivity contribution in [2.75, 3.05) is 5.32 Å². The number of aromatic hydroxyl groups is 1. The van der Waals surface area contributed by atoms with Crippen molar-refractivity contribution in [1.82, 2.24) is 4.98 Å². The van der Waals surface area contributed by atoms with E-state index in [1.807, 2.05) is 18.2 Å². The summed E-state index contributed by atoms with van der Waals surface area (Å²) in [5.41, 5.74) is 2.62. The van der Waals surface area contributed by atoms with Gasteiger partial charge in [0.1, 0.15) is 5.75 Å². The van der Waals surface area contributed by atoms with Crippen molar-refractivity contribution >= 4 is 23.2 Å². The molecule has 1 aliphatic heterocycles. The summed E-state index contributed by atoms with van der Waals surface area (Å²) in [4.78, 5) is 14.8. The number of hydrogen-bond acceptors (Lipinski definition) is 2. The van der Waals surface area contributed by atoms with E-state index in [2.05, 4.69) is 10.3 Å². The third-order valence-electron chi connectivity index (χ3n) is 2.74. The minimum atomic E-state index is -0.198. The highest BCUT2D eigenvalue weighted by molar-refractivity contribution is 6.35. The molecule has 2 heterocycles. The van der Waals surface area contributed by atoms with Crippen LogP contribution in [0, 0.1) is 0 Å². The van der Waals surface area contributed by atoms with Gasteiger partial charge in [0, 0.05) is 17.5 Å². The number of anilines is 1. The zero-order valence-corrected chi connectivity index (χ0v) is 8.90. The average Bonchev–Trinajstić information content (AvgIpc) is 2.91. The number of hydrogen-bond donors (Lipinski definition) is 3. The maximum absolute atomic E-state index is 11.8. The largest absolute Gasteiger partial charge is 0.506 e. The number of phenolic OH excluding ortho intramolecular Hbond substituents is 1. The number of carbonyl (C=O) groups excluding carboxylic acids is 1. The molecule has 0 spiro atoms. The molecule has 4 heteroatoms. The number of fused-ring (bicyclic) bond motifs is 1. The zero-order chi connectivity index (χ0) is 11.8. The minimum Gasteiger partial charge on any atom is -0.506 e. The van der Waals surface area contributed by atoms with E-state index in [0.717, 1.165) is 11.3 Å². The highest BCUT2D eigenvalue weighted by atomic mass is 16.3. The lowest BCUT2D eigenvalue weighted by molar-refractivity contribution is -0.110. The van der Waals surface area contributed by atoms with Crippen LogP contribution in [0.5, 0.6) is 5.75 Å². The zero-order valence-electron chi connectivity index (χ0n) is 8.90. The molecule has 0 radical (unpaired) electrons. The standard InChI is InChI=1S/C13H10N2O2/c16-11-5-1-4-9-10(13(17)15-12(9)11)7-8-3-2-6-14-8/h1-7,14,16H,(H,15,17)/b10-7-. The average molecular weight is 226 g/mol. The molecule has 0 unspecified atom stereocenters. The van der Waals surface area contributed by atoms with E-state index in [9.17, 15) is 9.90 Å². The van der Waals surface area contributed by atoms with Crippen molar-refractivity contribution in [3.05, 3.63) is 47.8 Å². The Labute approximate surface area is 97.6 Å². The molecule has 1 aliphatic rings. The van der Waals surface area contributed by atoms with Gasteiger partial charge in [0.2, 0.25) is 0 Å². The summed E-state index contributed by atoms with van der Waals surface area (Å²) in [5.74, 6) is -0.109. The second-order valence-corrected chi connectivity index (χ2v) is 3.84. The fourth-order valence-corrected chi connectivity index (χ4v) is 1.93. The van der Waals surface area contributed by atoms with E-state index in [1.54, 1.807) is 24.4 Å². The molecule has 0 fully saturated rings. The molecule has 84 valence electrons. The van der Waals surface area contributed by atoms with Crippen molar-refractivity contribution in [2.45, 2.75) is 0 Å². The van der Waals surface area contributed by atoms with E-state index in [0.29, 0.717) is 11.3 Å². The summed E-state index contributed by atoms with van der Waals surface area (Å²) in [6.45, 7) is 0. The van der Waals surface area contributed by atoms with E-state index >= 15 is 0 Å². The Morgan fingerprint density at radius 2 is 2.06 bits per heavy atom. The molecule has 0 saturated carbocycles. The number of H-pyrrole nitrogens is 1. The fraction of sp³-hybridized carbons (Fsp3) is 0. The molecule has 3 rings (SSSR count). The van der Waals surface area contributed by atoms with Crippen molar-refractivity contribution in [3.8, 4) is 5.75 Å². The van der Waals surface area contributed by atoms with E-state index in [-0.39, 0.29) is 11.7 Å². The molecule has 0 aliphatic carbocycles. The maximum Gasteiger partial charge on any atom is 0.256 e. The molecular formula is C13H10N2O2. The molecule has 4 nitrogen and oxygen atoms in total. The first-order valence-corrected chi connectivity index (χ1v) is 5.24. The van der Waals surface area contributed by atoms with Crippen LogP contribution in [-0.2, 0) is 4.79 Å². The highest BCUT2D eigenvalue weighted by Crippen LogP contribution is 2.38. The normalized spacial score (nSPS) is 16.0. The maximum atomic E-state index is 11.8. The summed E-state index contributed by atoms with van der Waals surface area (Å²) in [7, 11) is 0. The number of benzene rings is 1. The molecule has 0 bridgehead atoms. The molecule has 1 aromatic carbocycles. The van der Waals surface area contributed by atoms with Crippen LogP contribution in [0.4, 0.5) is 5.69 Å². The van der Waals surface area contributed by atoms with Gasteiger partial charge in [-0.1, -0.05) is 12.1 Å². The van der Waals surface area contributed by atoms with Crippen LogP contribution < -0.4 is 5.32 Å². The van der Waals surface area contributed by atoms with Crippen molar-refractivity contribution in [2.24, 2.45) is 0 Å². The molecule has 1 amide bonds. The lowest BCUT2D eigenvalue weighted by Crippen LogP contribution is -2.03. The Kier molecular flexibility index (Phi) is 2.01. The van der Waals surface area contributed by atoms with Crippen LogP contribution in [0.3, 0.4) is 0 Å². The van der Waals surface area contributed by atoms with Gasteiger partial charge >= 0.3 is 0 Å². The molecule has 2 aromatic rings. The van der Waals surface area contributed by atoms with Gasteiger partial charge in [0.05, 0.1) is 11.3 Å². The van der Waals surface area contributed by atoms with E-state index in [1.165, 1.54) is 0 Å². The van der Waals surface area contributed by atoms with Gasteiger partial charge < -0.3 is 15.4 Å². The first-order valence-electron chi connectivity index (χ1n) is 5.24. The Hall–Kier alpha value is -2.49. The molecule has 3 N–H and O–H groups in total. The lowest BCUT2D eigenvalue weighted by Gasteiger charge is -1.99.